The van der Waals surface area contributed by atoms with Crippen molar-refractivity contribution in [2.75, 3.05) is 24.6 Å². The van der Waals surface area contributed by atoms with Crippen molar-refractivity contribution in [3.05, 3.63) is 64.9 Å². The SMILES string of the molecule is Fc1ccc(C2CN(c3ncnc4cc(Cl)ccc34)CCO2)cc1F. The minimum Gasteiger partial charge on any atom is -0.370 e. The predicted octanol–water partition coefficient (Wildman–Crippen LogP) is 4.14. The summed E-state index contributed by atoms with van der Waals surface area (Å²) in [5.74, 6) is -0.965. The average Bonchev–Trinajstić information content (AvgIpc) is 2.63. The summed E-state index contributed by atoms with van der Waals surface area (Å²) in [6.07, 6.45) is 1.14. The van der Waals surface area contributed by atoms with Gasteiger partial charge >= 0.3 is 0 Å². The minimum atomic E-state index is -0.875. The van der Waals surface area contributed by atoms with E-state index >= 15 is 0 Å². The molecule has 1 fully saturated rings. The number of hydrogen-bond donors (Lipinski definition) is 0. The van der Waals surface area contributed by atoms with E-state index in [1.54, 1.807) is 18.2 Å². The third-order valence-corrected chi connectivity index (χ3v) is 4.49. The Morgan fingerprint density at radius 1 is 1.08 bits per heavy atom. The van der Waals surface area contributed by atoms with Crippen LogP contribution in [-0.4, -0.2) is 29.7 Å². The van der Waals surface area contributed by atoms with Gasteiger partial charge in [0.2, 0.25) is 0 Å². The molecule has 2 heterocycles. The number of ether oxygens (including phenoxy) is 1. The highest BCUT2D eigenvalue weighted by Crippen LogP contribution is 2.30. The van der Waals surface area contributed by atoms with Gasteiger partial charge in [-0.1, -0.05) is 17.7 Å². The molecule has 1 unspecified atom stereocenters. The molecule has 1 atom stereocenters. The third-order valence-electron chi connectivity index (χ3n) is 4.26. The number of rotatable bonds is 2. The normalized spacial score (nSPS) is 17.9. The lowest BCUT2D eigenvalue weighted by atomic mass is 10.1. The fourth-order valence-electron chi connectivity index (χ4n) is 3.02. The zero-order valence-electron chi connectivity index (χ0n) is 13.1. The van der Waals surface area contributed by atoms with Crippen LogP contribution in [0.5, 0.6) is 0 Å². The van der Waals surface area contributed by atoms with Crippen molar-refractivity contribution >= 4 is 28.3 Å². The van der Waals surface area contributed by atoms with Crippen LogP contribution in [0.25, 0.3) is 10.9 Å². The molecule has 2 aromatic carbocycles. The van der Waals surface area contributed by atoms with Gasteiger partial charge in [0.15, 0.2) is 11.6 Å². The highest BCUT2D eigenvalue weighted by Gasteiger charge is 2.25. The Balaban J connectivity index is 1.66. The molecule has 0 radical (unpaired) electrons. The van der Waals surface area contributed by atoms with Crippen LogP contribution in [0.4, 0.5) is 14.6 Å². The predicted molar refractivity (Wildman–Crippen MR) is 91.8 cm³/mol. The standard InChI is InChI=1S/C18H14ClF2N3O/c19-12-2-3-13-16(8-12)22-10-23-18(13)24-5-6-25-17(9-24)11-1-4-14(20)15(21)7-11/h1-4,7-8,10,17H,5-6,9H2. The van der Waals surface area contributed by atoms with Crippen molar-refractivity contribution < 1.29 is 13.5 Å². The Morgan fingerprint density at radius 3 is 2.80 bits per heavy atom. The number of fused-ring (bicyclic) bond motifs is 1. The van der Waals surface area contributed by atoms with Gasteiger partial charge in [0, 0.05) is 23.5 Å². The Labute approximate surface area is 148 Å². The van der Waals surface area contributed by atoms with Gasteiger partial charge in [-0.05, 0) is 35.9 Å². The van der Waals surface area contributed by atoms with Gasteiger partial charge in [-0.2, -0.15) is 0 Å². The van der Waals surface area contributed by atoms with Crippen LogP contribution in [0.1, 0.15) is 11.7 Å². The number of aromatic nitrogens is 2. The molecule has 3 aromatic rings. The topological polar surface area (TPSA) is 38.2 Å². The van der Waals surface area contributed by atoms with Crippen LogP contribution < -0.4 is 4.90 Å². The lowest BCUT2D eigenvalue weighted by Gasteiger charge is -2.34. The Bertz CT molecular complexity index is 937. The van der Waals surface area contributed by atoms with Gasteiger partial charge in [0.25, 0.3) is 0 Å². The molecule has 0 N–H and O–H groups in total. The number of anilines is 1. The molecule has 0 amide bonds. The average molecular weight is 362 g/mol. The first kappa shape index (κ1) is 16.2. The van der Waals surface area contributed by atoms with Crippen LogP contribution in [0.3, 0.4) is 0 Å². The lowest BCUT2D eigenvalue weighted by Crippen LogP contribution is -2.39. The molecule has 1 aliphatic heterocycles. The van der Waals surface area contributed by atoms with E-state index in [1.807, 2.05) is 6.07 Å². The number of nitrogens with zero attached hydrogens (tertiary/aromatic N) is 3. The van der Waals surface area contributed by atoms with E-state index in [0.29, 0.717) is 30.3 Å². The van der Waals surface area contributed by atoms with Crippen LogP contribution in [-0.2, 0) is 4.74 Å². The highest BCUT2D eigenvalue weighted by molar-refractivity contribution is 6.31. The van der Waals surface area contributed by atoms with E-state index in [1.165, 1.54) is 12.4 Å². The van der Waals surface area contributed by atoms with E-state index < -0.39 is 11.6 Å². The summed E-state index contributed by atoms with van der Waals surface area (Å²) in [5, 5.41) is 1.50. The summed E-state index contributed by atoms with van der Waals surface area (Å²) in [7, 11) is 0. The first-order chi connectivity index (χ1) is 12.1. The lowest BCUT2D eigenvalue weighted by molar-refractivity contribution is 0.0393. The second kappa shape index (κ2) is 6.54. The molecule has 1 aliphatic rings. The van der Waals surface area contributed by atoms with Crippen molar-refractivity contribution in [3.8, 4) is 0 Å². The van der Waals surface area contributed by atoms with Crippen LogP contribution in [0, 0.1) is 11.6 Å². The number of benzene rings is 2. The van der Waals surface area contributed by atoms with E-state index in [2.05, 4.69) is 14.9 Å². The molecular formula is C18H14ClF2N3O. The van der Waals surface area contributed by atoms with Crippen molar-refractivity contribution in [1.29, 1.82) is 0 Å². The largest absolute Gasteiger partial charge is 0.370 e. The van der Waals surface area contributed by atoms with E-state index in [0.717, 1.165) is 22.8 Å². The Morgan fingerprint density at radius 2 is 1.96 bits per heavy atom. The quantitative estimate of drug-likeness (QED) is 0.687. The van der Waals surface area contributed by atoms with Gasteiger partial charge < -0.3 is 9.64 Å². The molecule has 0 bridgehead atoms. The summed E-state index contributed by atoms with van der Waals surface area (Å²) in [4.78, 5) is 10.7. The number of morpholine rings is 1. The minimum absolute atomic E-state index is 0.360. The first-order valence-electron chi connectivity index (χ1n) is 7.83. The summed E-state index contributed by atoms with van der Waals surface area (Å²) in [6.45, 7) is 1.59. The number of halogens is 3. The molecule has 0 aliphatic carbocycles. The monoisotopic (exact) mass is 361 g/mol. The van der Waals surface area contributed by atoms with Gasteiger partial charge in [-0.25, -0.2) is 18.7 Å². The first-order valence-corrected chi connectivity index (χ1v) is 8.21. The molecule has 4 nitrogen and oxygen atoms in total. The second-order valence-corrected chi connectivity index (χ2v) is 6.27. The second-order valence-electron chi connectivity index (χ2n) is 5.84. The van der Waals surface area contributed by atoms with Gasteiger partial charge in [0.05, 0.1) is 12.1 Å². The molecule has 128 valence electrons. The molecule has 1 saturated heterocycles. The molecule has 4 rings (SSSR count). The third kappa shape index (κ3) is 3.15. The molecule has 0 saturated carbocycles. The fourth-order valence-corrected chi connectivity index (χ4v) is 3.19. The van der Waals surface area contributed by atoms with Gasteiger partial charge in [0.1, 0.15) is 18.2 Å². The van der Waals surface area contributed by atoms with Crippen molar-refractivity contribution in [3.63, 3.8) is 0 Å². The summed E-state index contributed by atoms with van der Waals surface area (Å²) in [6, 6.07) is 9.31. The van der Waals surface area contributed by atoms with Crippen molar-refractivity contribution in [2.45, 2.75) is 6.10 Å². The zero-order valence-corrected chi connectivity index (χ0v) is 13.9. The van der Waals surface area contributed by atoms with E-state index in [-0.39, 0.29) is 6.10 Å². The Hall–Kier alpha value is -2.31. The molecule has 0 spiro atoms. The van der Waals surface area contributed by atoms with Crippen LogP contribution >= 0.6 is 11.6 Å². The Kier molecular flexibility index (Phi) is 4.23. The maximum Gasteiger partial charge on any atom is 0.159 e. The van der Waals surface area contributed by atoms with E-state index in [4.69, 9.17) is 16.3 Å². The summed E-state index contributed by atoms with van der Waals surface area (Å²) >= 11 is 6.03. The van der Waals surface area contributed by atoms with Gasteiger partial charge in [-0.3, -0.25) is 0 Å². The molecule has 25 heavy (non-hydrogen) atoms. The molecular weight excluding hydrogens is 348 g/mol. The van der Waals surface area contributed by atoms with E-state index in [9.17, 15) is 8.78 Å². The number of hydrogen-bond acceptors (Lipinski definition) is 4. The maximum atomic E-state index is 13.5. The summed E-state index contributed by atoms with van der Waals surface area (Å²) in [5.41, 5.74) is 1.36. The smallest absolute Gasteiger partial charge is 0.159 e. The zero-order chi connectivity index (χ0) is 17.4. The van der Waals surface area contributed by atoms with Crippen LogP contribution in [0.2, 0.25) is 5.02 Å². The fraction of sp³-hybridized carbons (Fsp3) is 0.222. The highest BCUT2D eigenvalue weighted by atomic mass is 35.5. The van der Waals surface area contributed by atoms with Gasteiger partial charge in [-0.15, -0.1) is 0 Å². The van der Waals surface area contributed by atoms with Crippen molar-refractivity contribution in [1.82, 2.24) is 9.97 Å². The van der Waals surface area contributed by atoms with Crippen molar-refractivity contribution in [2.24, 2.45) is 0 Å². The molecule has 7 heteroatoms. The maximum absolute atomic E-state index is 13.5. The van der Waals surface area contributed by atoms with Crippen LogP contribution in [0.15, 0.2) is 42.7 Å². The summed E-state index contributed by atoms with van der Waals surface area (Å²) < 4.78 is 32.4. The molecule has 1 aromatic heterocycles.